The van der Waals surface area contributed by atoms with Crippen molar-refractivity contribution >= 4 is 28.7 Å². The summed E-state index contributed by atoms with van der Waals surface area (Å²) < 4.78 is 7.34. The first kappa shape index (κ1) is 17.5. The Balaban J connectivity index is 1.86. The molecular weight excluding hydrogens is 352 g/mol. The molecule has 0 saturated carbocycles. The van der Waals surface area contributed by atoms with Gasteiger partial charge in [-0.3, -0.25) is 14.3 Å². The number of benzene rings is 1. The smallest absolute Gasteiger partial charge is 0.280 e. The maximum atomic E-state index is 12.3. The molecule has 3 heterocycles. The lowest BCUT2D eigenvalue weighted by Crippen LogP contribution is -2.24. The van der Waals surface area contributed by atoms with Gasteiger partial charge in [0.15, 0.2) is 11.2 Å². The largest absolute Gasteiger partial charge is 0.394 e. The SMILES string of the molecule is Cc1ccccc1Nc1nc2c(=O)[nH]c(N)nc2n1C1CC(O)C(CO)O1. The van der Waals surface area contributed by atoms with Crippen LogP contribution in [0.2, 0.25) is 0 Å². The van der Waals surface area contributed by atoms with Gasteiger partial charge in [0, 0.05) is 12.1 Å². The first-order chi connectivity index (χ1) is 13.0. The Kier molecular flexibility index (Phi) is 4.30. The monoisotopic (exact) mass is 372 g/mol. The number of aliphatic hydroxyl groups excluding tert-OH is 2. The average Bonchev–Trinajstić information content (AvgIpc) is 3.17. The molecule has 1 aromatic carbocycles. The summed E-state index contributed by atoms with van der Waals surface area (Å²) in [6, 6.07) is 7.61. The third kappa shape index (κ3) is 3.03. The van der Waals surface area contributed by atoms with Gasteiger partial charge < -0.3 is 26.0 Å². The third-order valence-electron chi connectivity index (χ3n) is 4.63. The highest BCUT2D eigenvalue weighted by Gasteiger charge is 2.37. The molecular formula is C17H20N6O4. The maximum Gasteiger partial charge on any atom is 0.280 e. The Bertz CT molecular complexity index is 1050. The quantitative estimate of drug-likeness (QED) is 0.441. The minimum absolute atomic E-state index is 0.0478. The van der Waals surface area contributed by atoms with Gasteiger partial charge in [-0.25, -0.2) is 4.98 Å². The number of aromatic nitrogens is 4. The van der Waals surface area contributed by atoms with Crippen LogP contribution < -0.4 is 16.6 Å². The number of nitrogen functional groups attached to an aromatic ring is 1. The number of para-hydroxylation sites is 1. The number of nitrogens with one attached hydrogen (secondary N) is 2. The van der Waals surface area contributed by atoms with Gasteiger partial charge in [0.25, 0.3) is 5.56 Å². The van der Waals surface area contributed by atoms with Crippen LogP contribution >= 0.6 is 0 Å². The number of aliphatic hydroxyl groups is 2. The zero-order valence-corrected chi connectivity index (χ0v) is 14.6. The molecule has 4 rings (SSSR count). The lowest BCUT2D eigenvalue weighted by atomic mass is 10.2. The van der Waals surface area contributed by atoms with E-state index in [4.69, 9.17) is 10.5 Å². The van der Waals surface area contributed by atoms with Crippen molar-refractivity contribution in [2.24, 2.45) is 0 Å². The third-order valence-corrected chi connectivity index (χ3v) is 4.63. The molecule has 6 N–H and O–H groups in total. The highest BCUT2D eigenvalue weighted by molar-refractivity contribution is 5.76. The molecule has 10 heteroatoms. The zero-order valence-electron chi connectivity index (χ0n) is 14.6. The molecule has 1 aliphatic heterocycles. The molecule has 142 valence electrons. The number of anilines is 3. The van der Waals surface area contributed by atoms with Crippen LogP contribution in [0.1, 0.15) is 18.2 Å². The number of fused-ring (bicyclic) bond motifs is 1. The van der Waals surface area contributed by atoms with Crippen LogP contribution in [-0.4, -0.2) is 48.5 Å². The average molecular weight is 372 g/mol. The Morgan fingerprint density at radius 2 is 2.19 bits per heavy atom. The second-order valence-corrected chi connectivity index (χ2v) is 6.48. The molecule has 0 amide bonds. The predicted molar refractivity (Wildman–Crippen MR) is 98.6 cm³/mol. The number of nitrogens with two attached hydrogens (primary N) is 1. The summed E-state index contributed by atoms with van der Waals surface area (Å²) in [7, 11) is 0. The number of ether oxygens (including phenoxy) is 1. The van der Waals surface area contributed by atoms with E-state index in [2.05, 4.69) is 20.3 Å². The zero-order chi connectivity index (χ0) is 19.1. The molecule has 0 radical (unpaired) electrons. The van der Waals surface area contributed by atoms with Crippen molar-refractivity contribution in [2.75, 3.05) is 17.7 Å². The van der Waals surface area contributed by atoms with Crippen LogP contribution in [0.5, 0.6) is 0 Å². The van der Waals surface area contributed by atoms with E-state index in [0.29, 0.717) is 5.95 Å². The van der Waals surface area contributed by atoms with Crippen LogP contribution in [0, 0.1) is 6.92 Å². The number of aryl methyl sites for hydroxylation is 1. The highest BCUT2D eigenvalue weighted by Crippen LogP contribution is 2.34. The van der Waals surface area contributed by atoms with Crippen molar-refractivity contribution in [3.05, 3.63) is 40.2 Å². The van der Waals surface area contributed by atoms with E-state index < -0.39 is 24.0 Å². The van der Waals surface area contributed by atoms with Gasteiger partial charge in [0.1, 0.15) is 12.3 Å². The molecule has 3 unspecified atom stereocenters. The minimum atomic E-state index is -0.844. The van der Waals surface area contributed by atoms with E-state index in [1.54, 1.807) is 4.57 Å². The molecule has 2 aromatic heterocycles. The van der Waals surface area contributed by atoms with Crippen LogP contribution in [0.25, 0.3) is 11.2 Å². The number of aromatic amines is 1. The number of nitrogens with zero attached hydrogens (tertiary/aromatic N) is 3. The molecule has 3 atom stereocenters. The van der Waals surface area contributed by atoms with Gasteiger partial charge in [-0.2, -0.15) is 4.98 Å². The maximum absolute atomic E-state index is 12.3. The van der Waals surface area contributed by atoms with E-state index in [1.807, 2.05) is 31.2 Å². The fourth-order valence-electron chi connectivity index (χ4n) is 3.23. The van der Waals surface area contributed by atoms with Crippen LogP contribution in [-0.2, 0) is 4.74 Å². The normalized spacial score (nSPS) is 22.4. The predicted octanol–water partition coefficient (Wildman–Crippen LogP) is 0.395. The minimum Gasteiger partial charge on any atom is -0.394 e. The van der Waals surface area contributed by atoms with Crippen molar-refractivity contribution in [3.63, 3.8) is 0 Å². The second kappa shape index (κ2) is 6.65. The molecule has 3 aromatic rings. The van der Waals surface area contributed by atoms with Crippen molar-refractivity contribution in [1.82, 2.24) is 19.5 Å². The number of imidazole rings is 1. The number of hydrogen-bond acceptors (Lipinski definition) is 8. The van der Waals surface area contributed by atoms with E-state index >= 15 is 0 Å². The summed E-state index contributed by atoms with van der Waals surface area (Å²) in [6.07, 6.45) is -2.02. The fraction of sp³-hybridized carbons (Fsp3) is 0.353. The summed E-state index contributed by atoms with van der Waals surface area (Å²) in [4.78, 5) is 23.3. The Morgan fingerprint density at radius 1 is 1.41 bits per heavy atom. The van der Waals surface area contributed by atoms with Crippen LogP contribution in [0.3, 0.4) is 0 Å². The highest BCUT2D eigenvalue weighted by atomic mass is 16.5. The lowest BCUT2D eigenvalue weighted by molar-refractivity contribution is -0.0425. The van der Waals surface area contributed by atoms with Gasteiger partial charge in [-0.1, -0.05) is 18.2 Å². The van der Waals surface area contributed by atoms with Crippen LogP contribution in [0.4, 0.5) is 17.6 Å². The summed E-state index contributed by atoms with van der Waals surface area (Å²) in [5, 5.41) is 22.7. The van der Waals surface area contributed by atoms with Gasteiger partial charge in [0.2, 0.25) is 11.9 Å². The fourth-order valence-corrected chi connectivity index (χ4v) is 3.23. The van der Waals surface area contributed by atoms with Gasteiger partial charge in [-0.15, -0.1) is 0 Å². The van der Waals surface area contributed by atoms with E-state index in [9.17, 15) is 15.0 Å². The van der Waals surface area contributed by atoms with Crippen molar-refractivity contribution < 1.29 is 14.9 Å². The lowest BCUT2D eigenvalue weighted by Gasteiger charge is -2.17. The Hall–Kier alpha value is -2.95. The van der Waals surface area contributed by atoms with Crippen molar-refractivity contribution in [3.8, 4) is 0 Å². The first-order valence-electron chi connectivity index (χ1n) is 8.52. The number of H-pyrrole nitrogens is 1. The molecule has 0 bridgehead atoms. The number of hydrogen-bond donors (Lipinski definition) is 5. The Labute approximate surface area is 153 Å². The molecule has 1 fully saturated rings. The molecule has 27 heavy (non-hydrogen) atoms. The summed E-state index contributed by atoms with van der Waals surface area (Å²) >= 11 is 0. The van der Waals surface area contributed by atoms with E-state index in [1.165, 1.54) is 0 Å². The summed E-state index contributed by atoms with van der Waals surface area (Å²) in [5.41, 5.74) is 7.36. The summed E-state index contributed by atoms with van der Waals surface area (Å²) in [6.45, 7) is 1.62. The van der Waals surface area contributed by atoms with E-state index in [0.717, 1.165) is 11.3 Å². The topological polar surface area (TPSA) is 151 Å². The standard InChI is InChI=1S/C17H20N6O4/c1-8-4-2-3-5-9(8)19-17-20-13-14(21-16(18)22-15(13)26)23(17)12-6-10(25)11(7-24)27-12/h2-5,10-12,24-25H,6-7H2,1H3,(H,19,20)(H3,18,21,22,26). The van der Waals surface area contributed by atoms with Crippen molar-refractivity contribution in [2.45, 2.75) is 31.8 Å². The molecule has 1 saturated heterocycles. The molecule has 0 aliphatic carbocycles. The first-order valence-corrected chi connectivity index (χ1v) is 8.52. The second-order valence-electron chi connectivity index (χ2n) is 6.48. The van der Waals surface area contributed by atoms with Crippen molar-refractivity contribution in [1.29, 1.82) is 0 Å². The summed E-state index contributed by atoms with van der Waals surface area (Å²) in [5.74, 6) is 0.284. The molecule has 1 aliphatic rings. The van der Waals surface area contributed by atoms with Crippen LogP contribution in [0.15, 0.2) is 29.1 Å². The Morgan fingerprint density at radius 3 is 2.89 bits per heavy atom. The van der Waals surface area contributed by atoms with E-state index in [-0.39, 0.29) is 30.1 Å². The number of rotatable bonds is 4. The van der Waals surface area contributed by atoms with Gasteiger partial charge >= 0.3 is 0 Å². The van der Waals surface area contributed by atoms with Gasteiger partial charge in [0.05, 0.1) is 12.7 Å². The molecule has 10 nitrogen and oxygen atoms in total. The molecule has 0 spiro atoms. The van der Waals surface area contributed by atoms with Gasteiger partial charge in [-0.05, 0) is 18.6 Å².